The van der Waals surface area contributed by atoms with Gasteiger partial charge in [-0.1, -0.05) is 11.6 Å². The van der Waals surface area contributed by atoms with Crippen LogP contribution >= 0.6 is 11.6 Å². The summed E-state index contributed by atoms with van der Waals surface area (Å²) in [5, 5.41) is 12.3. The third kappa shape index (κ3) is 3.01. The number of hydrogen-bond donors (Lipinski definition) is 3. The maximum atomic E-state index is 11.8. The highest BCUT2D eigenvalue weighted by Crippen LogP contribution is 2.20. The highest BCUT2D eigenvalue weighted by molar-refractivity contribution is 6.33. The van der Waals surface area contributed by atoms with Crippen LogP contribution in [0.1, 0.15) is 16.2 Å². The van der Waals surface area contributed by atoms with Gasteiger partial charge in [0.25, 0.3) is 5.91 Å². The van der Waals surface area contributed by atoms with E-state index in [2.05, 4.69) is 15.3 Å². The molecule has 1 heterocycles. The molecule has 0 atom stereocenters. The molecule has 0 fully saturated rings. The lowest BCUT2D eigenvalue weighted by Crippen LogP contribution is -2.26. The quantitative estimate of drug-likeness (QED) is 0.788. The second-order valence-electron chi connectivity index (χ2n) is 3.71. The van der Waals surface area contributed by atoms with Gasteiger partial charge in [-0.3, -0.25) is 4.79 Å². The Hall–Kier alpha value is -2.01. The van der Waals surface area contributed by atoms with Gasteiger partial charge in [0.05, 0.1) is 10.6 Å². The molecule has 0 saturated carbocycles. The van der Waals surface area contributed by atoms with E-state index in [-0.39, 0.29) is 17.2 Å². The van der Waals surface area contributed by atoms with Crippen molar-refractivity contribution in [3.05, 3.63) is 47.0 Å². The first-order valence-electron chi connectivity index (χ1n) is 5.42. The van der Waals surface area contributed by atoms with Crippen molar-refractivity contribution in [2.75, 3.05) is 6.54 Å². The molecule has 1 amide bonds. The number of hydrogen-bond acceptors (Lipinski definition) is 3. The van der Waals surface area contributed by atoms with Crippen molar-refractivity contribution < 1.29 is 9.90 Å². The van der Waals surface area contributed by atoms with E-state index in [1.54, 1.807) is 12.4 Å². The Kier molecular flexibility index (Phi) is 3.84. The van der Waals surface area contributed by atoms with E-state index in [4.69, 9.17) is 11.6 Å². The lowest BCUT2D eigenvalue weighted by Gasteiger charge is -2.06. The summed E-state index contributed by atoms with van der Waals surface area (Å²) >= 11 is 5.88. The predicted octanol–water partition coefficient (Wildman–Crippen LogP) is 1.74. The van der Waals surface area contributed by atoms with E-state index in [1.807, 2.05) is 0 Å². The third-order valence-corrected chi connectivity index (χ3v) is 2.73. The zero-order valence-corrected chi connectivity index (χ0v) is 10.2. The Labute approximate surface area is 109 Å². The van der Waals surface area contributed by atoms with Crippen molar-refractivity contribution in [2.24, 2.45) is 0 Å². The van der Waals surface area contributed by atoms with Gasteiger partial charge in [0.2, 0.25) is 0 Å². The topological polar surface area (TPSA) is 78.0 Å². The van der Waals surface area contributed by atoms with Crippen LogP contribution in [0.25, 0.3) is 0 Å². The van der Waals surface area contributed by atoms with Crippen molar-refractivity contribution in [3.8, 4) is 5.75 Å². The highest BCUT2D eigenvalue weighted by atomic mass is 35.5. The standard InChI is InChI=1S/C12H12ClN3O2/c13-10-2-1-8(17)7-9(10)12(18)16-4-3-11-14-5-6-15-11/h1-2,5-7,17H,3-4H2,(H,14,15)(H,16,18). The molecule has 1 aromatic carbocycles. The molecule has 0 unspecified atom stereocenters. The summed E-state index contributed by atoms with van der Waals surface area (Å²) in [4.78, 5) is 18.8. The second kappa shape index (κ2) is 5.55. The monoisotopic (exact) mass is 265 g/mol. The molecule has 0 aliphatic carbocycles. The van der Waals surface area contributed by atoms with Crippen LogP contribution in [0.3, 0.4) is 0 Å². The van der Waals surface area contributed by atoms with E-state index < -0.39 is 0 Å². The van der Waals surface area contributed by atoms with E-state index in [9.17, 15) is 9.90 Å². The summed E-state index contributed by atoms with van der Waals surface area (Å²) in [6.07, 6.45) is 3.99. The van der Waals surface area contributed by atoms with Crippen molar-refractivity contribution in [1.29, 1.82) is 0 Å². The number of nitrogens with zero attached hydrogens (tertiary/aromatic N) is 1. The van der Waals surface area contributed by atoms with Gasteiger partial charge in [-0.25, -0.2) is 4.98 Å². The lowest BCUT2D eigenvalue weighted by molar-refractivity contribution is 0.0954. The number of nitrogens with one attached hydrogen (secondary N) is 2. The van der Waals surface area contributed by atoms with Gasteiger partial charge in [-0.15, -0.1) is 0 Å². The first kappa shape index (κ1) is 12.4. The maximum Gasteiger partial charge on any atom is 0.252 e. The van der Waals surface area contributed by atoms with E-state index in [1.165, 1.54) is 18.2 Å². The normalized spacial score (nSPS) is 10.3. The van der Waals surface area contributed by atoms with E-state index in [0.717, 1.165) is 5.82 Å². The van der Waals surface area contributed by atoms with Gasteiger partial charge in [-0.2, -0.15) is 0 Å². The van der Waals surface area contributed by atoms with E-state index in [0.29, 0.717) is 18.0 Å². The molecule has 2 rings (SSSR count). The Balaban J connectivity index is 1.93. The predicted molar refractivity (Wildman–Crippen MR) is 67.7 cm³/mol. The number of carbonyl (C=O) groups is 1. The smallest absolute Gasteiger partial charge is 0.252 e. The fourth-order valence-corrected chi connectivity index (χ4v) is 1.71. The second-order valence-corrected chi connectivity index (χ2v) is 4.11. The van der Waals surface area contributed by atoms with Crippen LogP contribution in [0, 0.1) is 0 Å². The summed E-state index contributed by atoms with van der Waals surface area (Å²) in [6, 6.07) is 4.25. The maximum absolute atomic E-state index is 11.8. The molecule has 0 bridgehead atoms. The third-order valence-electron chi connectivity index (χ3n) is 2.40. The van der Waals surface area contributed by atoms with Crippen LogP contribution in [0.5, 0.6) is 5.75 Å². The largest absolute Gasteiger partial charge is 0.508 e. The number of phenols is 1. The fraction of sp³-hybridized carbons (Fsp3) is 0.167. The molecular weight excluding hydrogens is 254 g/mol. The highest BCUT2D eigenvalue weighted by Gasteiger charge is 2.10. The number of halogens is 1. The van der Waals surface area contributed by atoms with Crippen LogP contribution in [0.15, 0.2) is 30.6 Å². The zero-order chi connectivity index (χ0) is 13.0. The number of aromatic hydroxyl groups is 1. The van der Waals surface area contributed by atoms with Gasteiger partial charge < -0.3 is 15.4 Å². The Bertz CT molecular complexity index is 540. The van der Waals surface area contributed by atoms with Gasteiger partial charge >= 0.3 is 0 Å². The molecule has 0 spiro atoms. The summed E-state index contributed by atoms with van der Waals surface area (Å²) in [5.74, 6) is 0.496. The minimum atomic E-state index is -0.317. The molecule has 0 aliphatic heterocycles. The van der Waals surface area contributed by atoms with E-state index >= 15 is 0 Å². The van der Waals surface area contributed by atoms with Crippen molar-refractivity contribution in [1.82, 2.24) is 15.3 Å². The number of benzene rings is 1. The number of H-pyrrole nitrogens is 1. The Morgan fingerprint density at radius 1 is 1.50 bits per heavy atom. The van der Waals surface area contributed by atoms with Crippen LogP contribution in [0.4, 0.5) is 0 Å². The number of carbonyl (C=O) groups excluding carboxylic acids is 1. The van der Waals surface area contributed by atoms with Gasteiger partial charge in [0.1, 0.15) is 11.6 Å². The number of rotatable bonds is 4. The molecule has 0 aliphatic rings. The van der Waals surface area contributed by atoms with Crippen LogP contribution in [-0.2, 0) is 6.42 Å². The number of amides is 1. The summed E-state index contributed by atoms with van der Waals surface area (Å²) in [5.41, 5.74) is 0.260. The number of aromatic amines is 1. The minimum absolute atomic E-state index is 0.00980. The van der Waals surface area contributed by atoms with Crippen LogP contribution < -0.4 is 5.32 Å². The minimum Gasteiger partial charge on any atom is -0.508 e. The summed E-state index contributed by atoms with van der Waals surface area (Å²) in [6.45, 7) is 0.443. The van der Waals surface area contributed by atoms with Crippen molar-refractivity contribution >= 4 is 17.5 Å². The van der Waals surface area contributed by atoms with Crippen LogP contribution in [-0.4, -0.2) is 27.5 Å². The number of imidazole rings is 1. The molecule has 6 heteroatoms. The molecular formula is C12H12ClN3O2. The lowest BCUT2D eigenvalue weighted by atomic mass is 10.2. The average Bonchev–Trinajstić information content (AvgIpc) is 2.85. The fourth-order valence-electron chi connectivity index (χ4n) is 1.51. The SMILES string of the molecule is O=C(NCCc1ncc[nH]1)c1cc(O)ccc1Cl. The zero-order valence-electron chi connectivity index (χ0n) is 9.48. The van der Waals surface area contributed by atoms with Gasteiger partial charge in [-0.05, 0) is 18.2 Å². The molecule has 18 heavy (non-hydrogen) atoms. The first-order valence-corrected chi connectivity index (χ1v) is 5.79. The molecule has 0 radical (unpaired) electrons. The number of phenolic OH excluding ortho intramolecular Hbond substituents is 1. The van der Waals surface area contributed by atoms with Crippen molar-refractivity contribution in [2.45, 2.75) is 6.42 Å². The molecule has 5 nitrogen and oxygen atoms in total. The van der Waals surface area contributed by atoms with Gasteiger partial charge in [0, 0.05) is 25.4 Å². The van der Waals surface area contributed by atoms with Gasteiger partial charge in [0.15, 0.2) is 0 Å². The average molecular weight is 266 g/mol. The Morgan fingerprint density at radius 2 is 2.33 bits per heavy atom. The molecule has 3 N–H and O–H groups in total. The van der Waals surface area contributed by atoms with Crippen LogP contribution in [0.2, 0.25) is 5.02 Å². The van der Waals surface area contributed by atoms with Crippen molar-refractivity contribution in [3.63, 3.8) is 0 Å². The first-order chi connectivity index (χ1) is 8.66. The summed E-state index contributed by atoms with van der Waals surface area (Å²) < 4.78 is 0. The summed E-state index contributed by atoms with van der Waals surface area (Å²) in [7, 11) is 0. The molecule has 0 saturated heterocycles. The number of aromatic nitrogens is 2. The molecule has 94 valence electrons. The molecule has 2 aromatic rings. The Morgan fingerprint density at radius 3 is 3.06 bits per heavy atom. The molecule has 1 aromatic heterocycles.